The fourth-order valence-corrected chi connectivity index (χ4v) is 3.01. The highest BCUT2D eigenvalue weighted by Gasteiger charge is 2.22. The van der Waals surface area contributed by atoms with Gasteiger partial charge >= 0.3 is 0 Å². The molecule has 1 amide bonds. The molecule has 0 bridgehead atoms. The van der Waals surface area contributed by atoms with Gasteiger partial charge in [0.2, 0.25) is 5.91 Å². The van der Waals surface area contributed by atoms with E-state index in [0.29, 0.717) is 13.0 Å². The van der Waals surface area contributed by atoms with Gasteiger partial charge in [-0.3, -0.25) is 4.79 Å². The molecule has 0 spiro atoms. The van der Waals surface area contributed by atoms with Crippen molar-refractivity contribution in [2.24, 2.45) is 0 Å². The van der Waals surface area contributed by atoms with Gasteiger partial charge < -0.3 is 10.1 Å². The number of fused-ring (bicyclic) bond motifs is 1. The van der Waals surface area contributed by atoms with Crippen LogP contribution in [0.1, 0.15) is 22.9 Å². The molecule has 19 heavy (non-hydrogen) atoms. The summed E-state index contributed by atoms with van der Waals surface area (Å²) in [4.78, 5) is 13.1. The monoisotopic (exact) mass is 273 g/mol. The summed E-state index contributed by atoms with van der Waals surface area (Å²) in [5.41, 5.74) is 1.08. The standard InChI is InChI=1S/C15H15NO2S/c17-15(10-11-4-3-9-19-11)16-13-7-8-18-14-6-2-1-5-12(13)14/h1-6,9,13H,7-8,10H2,(H,16,17)/t13-/m1/s1. The van der Waals surface area contributed by atoms with Gasteiger partial charge in [0.15, 0.2) is 0 Å². The minimum Gasteiger partial charge on any atom is -0.493 e. The van der Waals surface area contributed by atoms with Gasteiger partial charge in [-0.15, -0.1) is 11.3 Å². The summed E-state index contributed by atoms with van der Waals surface area (Å²) in [7, 11) is 0. The van der Waals surface area contributed by atoms with E-state index in [2.05, 4.69) is 5.32 Å². The van der Waals surface area contributed by atoms with Crippen molar-refractivity contribution < 1.29 is 9.53 Å². The number of nitrogens with one attached hydrogen (secondary N) is 1. The SMILES string of the molecule is O=C(Cc1cccs1)N[C@@H]1CCOc2ccccc21. The largest absolute Gasteiger partial charge is 0.493 e. The molecule has 0 radical (unpaired) electrons. The molecule has 2 aromatic rings. The van der Waals surface area contributed by atoms with Gasteiger partial charge in [-0.1, -0.05) is 24.3 Å². The molecule has 1 aliphatic heterocycles. The maximum atomic E-state index is 12.0. The zero-order valence-corrected chi connectivity index (χ0v) is 11.3. The third-order valence-electron chi connectivity index (χ3n) is 3.21. The van der Waals surface area contributed by atoms with Crippen molar-refractivity contribution in [1.82, 2.24) is 5.32 Å². The van der Waals surface area contributed by atoms with Crippen LogP contribution in [0.2, 0.25) is 0 Å². The maximum absolute atomic E-state index is 12.0. The summed E-state index contributed by atoms with van der Waals surface area (Å²) in [5, 5.41) is 5.09. The van der Waals surface area contributed by atoms with E-state index in [9.17, 15) is 4.79 Å². The van der Waals surface area contributed by atoms with E-state index in [-0.39, 0.29) is 11.9 Å². The smallest absolute Gasteiger partial charge is 0.225 e. The molecule has 0 aliphatic carbocycles. The van der Waals surface area contributed by atoms with Gasteiger partial charge in [0, 0.05) is 16.9 Å². The Kier molecular flexibility index (Phi) is 3.51. The molecule has 3 rings (SSSR count). The molecule has 2 heterocycles. The lowest BCUT2D eigenvalue weighted by Gasteiger charge is -2.26. The maximum Gasteiger partial charge on any atom is 0.225 e. The van der Waals surface area contributed by atoms with Gasteiger partial charge in [-0.2, -0.15) is 0 Å². The number of hydrogen-bond acceptors (Lipinski definition) is 3. The average Bonchev–Trinajstić information content (AvgIpc) is 2.92. The molecule has 1 atom stereocenters. The number of carbonyl (C=O) groups excluding carboxylic acids is 1. The van der Waals surface area contributed by atoms with Crippen LogP contribution in [-0.2, 0) is 11.2 Å². The zero-order chi connectivity index (χ0) is 13.1. The summed E-state index contributed by atoms with van der Waals surface area (Å²) in [6.45, 7) is 0.654. The van der Waals surface area contributed by atoms with E-state index in [1.54, 1.807) is 11.3 Å². The molecular weight excluding hydrogens is 258 g/mol. The Hall–Kier alpha value is -1.81. The first kappa shape index (κ1) is 12.2. The lowest BCUT2D eigenvalue weighted by molar-refractivity contribution is -0.121. The lowest BCUT2D eigenvalue weighted by Crippen LogP contribution is -2.32. The van der Waals surface area contributed by atoms with Crippen LogP contribution in [0.4, 0.5) is 0 Å². The third kappa shape index (κ3) is 2.79. The summed E-state index contributed by atoms with van der Waals surface area (Å²) >= 11 is 1.61. The quantitative estimate of drug-likeness (QED) is 0.933. The predicted octanol–water partition coefficient (Wildman–Crippen LogP) is 2.93. The number of thiophene rings is 1. The second-order valence-corrected chi connectivity index (χ2v) is 5.58. The van der Waals surface area contributed by atoms with Crippen molar-refractivity contribution in [2.45, 2.75) is 18.9 Å². The molecule has 1 aromatic heterocycles. The van der Waals surface area contributed by atoms with Crippen LogP contribution in [0.25, 0.3) is 0 Å². The zero-order valence-electron chi connectivity index (χ0n) is 10.5. The van der Waals surface area contributed by atoms with Crippen molar-refractivity contribution in [2.75, 3.05) is 6.61 Å². The third-order valence-corrected chi connectivity index (χ3v) is 4.09. The Morgan fingerprint density at radius 2 is 2.21 bits per heavy atom. The van der Waals surface area contributed by atoms with Crippen molar-refractivity contribution in [3.63, 3.8) is 0 Å². The van der Waals surface area contributed by atoms with Gasteiger partial charge in [0.05, 0.1) is 19.1 Å². The number of rotatable bonds is 3. The van der Waals surface area contributed by atoms with Crippen molar-refractivity contribution in [3.05, 3.63) is 52.2 Å². The number of ether oxygens (including phenoxy) is 1. The Morgan fingerprint density at radius 3 is 3.05 bits per heavy atom. The Labute approximate surface area is 116 Å². The van der Waals surface area contributed by atoms with Gasteiger partial charge in [0.1, 0.15) is 5.75 Å². The molecule has 0 saturated heterocycles. The molecule has 1 aliphatic rings. The Bertz CT molecular complexity index is 565. The first-order valence-electron chi connectivity index (χ1n) is 6.36. The lowest BCUT2D eigenvalue weighted by atomic mass is 10.0. The molecule has 3 nitrogen and oxygen atoms in total. The highest BCUT2D eigenvalue weighted by Crippen LogP contribution is 2.31. The van der Waals surface area contributed by atoms with Crippen LogP contribution in [0, 0.1) is 0 Å². The van der Waals surface area contributed by atoms with E-state index in [4.69, 9.17) is 4.74 Å². The molecule has 0 saturated carbocycles. The van der Waals surface area contributed by atoms with Crippen LogP contribution in [0.3, 0.4) is 0 Å². The van der Waals surface area contributed by atoms with E-state index >= 15 is 0 Å². The summed E-state index contributed by atoms with van der Waals surface area (Å²) < 4.78 is 5.59. The van der Waals surface area contributed by atoms with E-state index in [1.165, 1.54) is 0 Å². The van der Waals surface area contributed by atoms with Crippen molar-refractivity contribution in [1.29, 1.82) is 0 Å². The fraction of sp³-hybridized carbons (Fsp3) is 0.267. The minimum atomic E-state index is 0.0670. The van der Waals surface area contributed by atoms with Crippen LogP contribution in [0.5, 0.6) is 5.75 Å². The second-order valence-electron chi connectivity index (χ2n) is 4.55. The highest BCUT2D eigenvalue weighted by atomic mass is 32.1. The minimum absolute atomic E-state index is 0.0670. The summed E-state index contributed by atoms with van der Waals surface area (Å²) in [6.07, 6.45) is 1.28. The Morgan fingerprint density at radius 1 is 1.32 bits per heavy atom. The second kappa shape index (κ2) is 5.45. The molecule has 1 N–H and O–H groups in total. The van der Waals surface area contributed by atoms with Crippen molar-refractivity contribution in [3.8, 4) is 5.75 Å². The number of amides is 1. The number of carbonyl (C=O) groups is 1. The topological polar surface area (TPSA) is 38.3 Å². The van der Waals surface area contributed by atoms with Crippen LogP contribution in [-0.4, -0.2) is 12.5 Å². The summed E-state index contributed by atoms with van der Waals surface area (Å²) in [6, 6.07) is 11.9. The molecule has 98 valence electrons. The van der Waals surface area contributed by atoms with E-state index < -0.39 is 0 Å². The van der Waals surface area contributed by atoms with Crippen LogP contribution >= 0.6 is 11.3 Å². The van der Waals surface area contributed by atoms with Gasteiger partial charge in [-0.25, -0.2) is 0 Å². The van der Waals surface area contributed by atoms with E-state index in [1.807, 2.05) is 41.8 Å². The summed E-state index contributed by atoms with van der Waals surface area (Å²) in [5.74, 6) is 0.958. The Balaban J connectivity index is 1.69. The van der Waals surface area contributed by atoms with Gasteiger partial charge in [-0.05, 0) is 17.5 Å². The molecule has 0 unspecified atom stereocenters. The van der Waals surface area contributed by atoms with Crippen molar-refractivity contribution >= 4 is 17.2 Å². The predicted molar refractivity (Wildman–Crippen MR) is 75.5 cm³/mol. The number of hydrogen-bond donors (Lipinski definition) is 1. The number of benzene rings is 1. The first-order valence-corrected chi connectivity index (χ1v) is 7.24. The fourth-order valence-electron chi connectivity index (χ4n) is 2.31. The normalized spacial score (nSPS) is 17.4. The molecule has 0 fully saturated rings. The average molecular weight is 273 g/mol. The van der Waals surface area contributed by atoms with Gasteiger partial charge in [0.25, 0.3) is 0 Å². The van der Waals surface area contributed by atoms with E-state index in [0.717, 1.165) is 22.6 Å². The highest BCUT2D eigenvalue weighted by molar-refractivity contribution is 7.10. The van der Waals surface area contributed by atoms with Crippen LogP contribution in [0.15, 0.2) is 41.8 Å². The molecule has 1 aromatic carbocycles. The molecular formula is C15H15NO2S. The number of para-hydroxylation sites is 1. The first-order chi connectivity index (χ1) is 9.33. The molecule has 4 heteroatoms. The van der Waals surface area contributed by atoms with Crippen LogP contribution < -0.4 is 10.1 Å².